The summed E-state index contributed by atoms with van der Waals surface area (Å²) in [5, 5.41) is 0. The second kappa shape index (κ2) is 8.29. The first-order valence-corrected chi connectivity index (χ1v) is 9.47. The van der Waals surface area contributed by atoms with E-state index in [-0.39, 0.29) is 12.0 Å². The summed E-state index contributed by atoms with van der Waals surface area (Å²) < 4.78 is 11.0. The fraction of sp³-hybridized carbons (Fsp3) is 0.167. The molecule has 0 aliphatic carbocycles. The number of para-hydroxylation sites is 1. The average Bonchev–Trinajstić information content (AvgIpc) is 3.58. The molecule has 2 amide bonds. The molecule has 1 atom stereocenters. The van der Waals surface area contributed by atoms with Crippen molar-refractivity contribution in [1.82, 2.24) is 0 Å². The van der Waals surface area contributed by atoms with Crippen LogP contribution in [0.4, 0.5) is 5.69 Å². The molecule has 4 rings (SSSR count). The van der Waals surface area contributed by atoms with Gasteiger partial charge in [0.25, 0.3) is 11.8 Å². The Hall–Kier alpha value is -3.44. The van der Waals surface area contributed by atoms with Gasteiger partial charge in [-0.2, -0.15) is 0 Å². The third-order valence-electron chi connectivity index (χ3n) is 4.64. The van der Waals surface area contributed by atoms with Crippen molar-refractivity contribution in [2.45, 2.75) is 13.0 Å². The van der Waals surface area contributed by atoms with E-state index in [1.807, 2.05) is 31.2 Å². The Labute approximate surface area is 169 Å². The molecule has 0 spiro atoms. The van der Waals surface area contributed by atoms with Gasteiger partial charge in [0.1, 0.15) is 18.5 Å². The van der Waals surface area contributed by atoms with Crippen LogP contribution in [0.25, 0.3) is 0 Å². The molecule has 0 saturated carbocycles. The molecular weight excluding hydrogens is 366 g/mol. The highest BCUT2D eigenvalue weighted by Crippen LogP contribution is 2.27. The number of hydrogen-bond acceptors (Lipinski definition) is 4. The van der Waals surface area contributed by atoms with Crippen LogP contribution in [0.3, 0.4) is 0 Å². The van der Waals surface area contributed by atoms with Crippen LogP contribution in [0.5, 0.6) is 5.75 Å². The molecule has 1 heterocycles. The van der Waals surface area contributed by atoms with Crippen molar-refractivity contribution in [2.24, 2.45) is 0 Å². The van der Waals surface area contributed by atoms with Gasteiger partial charge in [0.15, 0.2) is 0 Å². The zero-order chi connectivity index (χ0) is 20.2. The molecule has 29 heavy (non-hydrogen) atoms. The number of carbonyl (C=O) groups excluding carboxylic acids is 2. The smallest absolute Gasteiger partial charge is 0.269 e. The zero-order valence-corrected chi connectivity index (χ0v) is 16.1. The van der Waals surface area contributed by atoms with Gasteiger partial charge < -0.3 is 9.47 Å². The summed E-state index contributed by atoms with van der Waals surface area (Å²) in [6, 6.07) is 23.0. The van der Waals surface area contributed by atoms with Crippen LogP contribution in [0.2, 0.25) is 0 Å². The van der Waals surface area contributed by atoms with Gasteiger partial charge in [0.05, 0.1) is 17.9 Å². The molecule has 3 aromatic rings. The summed E-state index contributed by atoms with van der Waals surface area (Å²) in [4.78, 5) is 28.0. The molecule has 1 aliphatic rings. The van der Waals surface area contributed by atoms with E-state index in [1.54, 1.807) is 54.6 Å². The number of epoxide rings is 1. The lowest BCUT2D eigenvalue weighted by atomic mass is 10.1. The van der Waals surface area contributed by atoms with Gasteiger partial charge in [0.2, 0.25) is 0 Å². The normalized spacial score (nSPS) is 14.9. The highest BCUT2D eigenvalue weighted by atomic mass is 16.6. The van der Waals surface area contributed by atoms with Gasteiger partial charge in [-0.05, 0) is 48.9 Å². The van der Waals surface area contributed by atoms with Gasteiger partial charge in [-0.25, -0.2) is 4.90 Å². The summed E-state index contributed by atoms with van der Waals surface area (Å²) in [6.45, 7) is 2.97. The number of rotatable bonds is 6. The lowest BCUT2D eigenvalue weighted by Gasteiger charge is -2.22. The molecule has 146 valence electrons. The van der Waals surface area contributed by atoms with Crippen LogP contribution in [0.1, 0.15) is 26.3 Å². The maximum absolute atomic E-state index is 13.5. The van der Waals surface area contributed by atoms with Crippen LogP contribution < -0.4 is 9.64 Å². The summed E-state index contributed by atoms with van der Waals surface area (Å²) in [6.07, 6.45) is 0.0645. The molecule has 1 unspecified atom stereocenters. The fourth-order valence-electron chi connectivity index (χ4n) is 3.01. The number of ether oxygens (including phenoxy) is 2. The Bertz CT molecular complexity index is 1010. The van der Waals surface area contributed by atoms with Gasteiger partial charge in [-0.3, -0.25) is 9.59 Å². The third kappa shape index (κ3) is 4.36. The van der Waals surface area contributed by atoms with Crippen molar-refractivity contribution in [3.05, 3.63) is 95.6 Å². The number of nitrogens with zero attached hydrogens (tertiary/aromatic N) is 1. The predicted octanol–water partition coefficient (Wildman–Crippen LogP) is 4.26. The van der Waals surface area contributed by atoms with Gasteiger partial charge in [0, 0.05) is 5.56 Å². The van der Waals surface area contributed by atoms with E-state index in [9.17, 15) is 9.59 Å². The topological polar surface area (TPSA) is 59.1 Å². The number of carbonyl (C=O) groups is 2. The first-order valence-electron chi connectivity index (χ1n) is 9.47. The van der Waals surface area contributed by atoms with Crippen LogP contribution in [-0.4, -0.2) is 31.1 Å². The monoisotopic (exact) mass is 387 g/mol. The summed E-state index contributed by atoms with van der Waals surface area (Å²) in [5.41, 5.74) is 2.24. The van der Waals surface area contributed by atoms with Crippen LogP contribution in [0, 0.1) is 6.92 Å². The van der Waals surface area contributed by atoms with E-state index in [0.29, 0.717) is 35.8 Å². The molecule has 5 heteroatoms. The predicted molar refractivity (Wildman–Crippen MR) is 110 cm³/mol. The second-order valence-electron chi connectivity index (χ2n) is 6.91. The first-order chi connectivity index (χ1) is 14.1. The average molecular weight is 387 g/mol. The fourth-order valence-corrected chi connectivity index (χ4v) is 3.01. The molecular formula is C24H21NO4. The number of anilines is 1. The van der Waals surface area contributed by atoms with Gasteiger partial charge in [-0.1, -0.05) is 42.5 Å². The minimum Gasteiger partial charge on any atom is -0.490 e. The lowest BCUT2D eigenvalue weighted by molar-refractivity contribution is 0.0895. The van der Waals surface area contributed by atoms with Gasteiger partial charge in [-0.15, -0.1) is 0 Å². The van der Waals surface area contributed by atoms with Crippen molar-refractivity contribution in [3.63, 3.8) is 0 Å². The summed E-state index contributed by atoms with van der Waals surface area (Å²) in [7, 11) is 0. The maximum atomic E-state index is 13.5. The van der Waals surface area contributed by atoms with Crippen LogP contribution in [0.15, 0.2) is 78.9 Å². The van der Waals surface area contributed by atoms with E-state index in [1.165, 1.54) is 4.90 Å². The Morgan fingerprint density at radius 2 is 1.62 bits per heavy atom. The quantitative estimate of drug-likeness (QED) is 0.468. The van der Waals surface area contributed by atoms with E-state index in [0.717, 1.165) is 5.56 Å². The zero-order valence-electron chi connectivity index (χ0n) is 16.1. The Balaban J connectivity index is 1.73. The Morgan fingerprint density at radius 1 is 0.966 bits per heavy atom. The van der Waals surface area contributed by atoms with Crippen molar-refractivity contribution < 1.29 is 19.1 Å². The Kier molecular flexibility index (Phi) is 5.40. The minimum absolute atomic E-state index is 0.0645. The lowest BCUT2D eigenvalue weighted by Crippen LogP contribution is -2.37. The van der Waals surface area contributed by atoms with E-state index < -0.39 is 5.91 Å². The molecule has 0 N–H and O–H groups in total. The van der Waals surface area contributed by atoms with Crippen molar-refractivity contribution in [1.29, 1.82) is 0 Å². The van der Waals surface area contributed by atoms with Crippen molar-refractivity contribution in [2.75, 3.05) is 18.1 Å². The van der Waals surface area contributed by atoms with E-state index >= 15 is 0 Å². The minimum atomic E-state index is -0.434. The number of aryl methyl sites for hydroxylation is 1. The molecule has 0 aromatic heterocycles. The maximum Gasteiger partial charge on any atom is 0.269 e. The van der Waals surface area contributed by atoms with Crippen molar-refractivity contribution in [3.8, 4) is 5.75 Å². The largest absolute Gasteiger partial charge is 0.490 e. The van der Waals surface area contributed by atoms with E-state index in [2.05, 4.69) is 0 Å². The molecule has 0 bridgehead atoms. The second-order valence-corrected chi connectivity index (χ2v) is 6.91. The van der Waals surface area contributed by atoms with Gasteiger partial charge >= 0.3 is 0 Å². The summed E-state index contributed by atoms with van der Waals surface area (Å²) in [5.74, 6) is -0.372. The molecule has 0 radical (unpaired) electrons. The number of benzene rings is 3. The third-order valence-corrected chi connectivity index (χ3v) is 4.64. The highest BCUT2D eigenvalue weighted by molar-refractivity contribution is 6.26. The summed E-state index contributed by atoms with van der Waals surface area (Å²) >= 11 is 0. The molecule has 5 nitrogen and oxygen atoms in total. The SMILES string of the molecule is Cc1ccc(C(=O)N(C(=O)c2ccccc2)c2ccccc2)c(OCC2CO2)c1. The molecule has 1 saturated heterocycles. The highest BCUT2D eigenvalue weighted by Gasteiger charge is 2.29. The molecule has 3 aromatic carbocycles. The Morgan fingerprint density at radius 3 is 2.28 bits per heavy atom. The number of imide groups is 1. The van der Waals surface area contributed by atoms with Crippen LogP contribution >= 0.6 is 0 Å². The number of hydrogen-bond donors (Lipinski definition) is 0. The van der Waals surface area contributed by atoms with E-state index in [4.69, 9.17) is 9.47 Å². The van der Waals surface area contributed by atoms with Crippen molar-refractivity contribution >= 4 is 17.5 Å². The molecule has 1 fully saturated rings. The first kappa shape index (κ1) is 18.9. The molecule has 1 aliphatic heterocycles. The number of amides is 2. The standard InChI is InChI=1S/C24H21NO4/c1-17-12-13-21(22(14-17)29-16-20-15-28-20)24(27)25(19-10-6-3-7-11-19)23(26)18-8-4-2-5-9-18/h2-14,20H,15-16H2,1H3. The van der Waals surface area contributed by atoms with Crippen LogP contribution in [-0.2, 0) is 4.74 Å².